The summed E-state index contributed by atoms with van der Waals surface area (Å²) in [6.45, 7) is 0. The summed E-state index contributed by atoms with van der Waals surface area (Å²) in [6.07, 6.45) is -11.1. The molecule has 16 heavy (non-hydrogen) atoms. The second kappa shape index (κ2) is 4.11. The van der Waals surface area contributed by atoms with E-state index in [2.05, 4.69) is 14.6 Å². The highest BCUT2D eigenvalue weighted by molar-refractivity contribution is 6.16. The van der Waals surface area contributed by atoms with Crippen molar-refractivity contribution in [2.45, 2.75) is 24.2 Å². The lowest BCUT2D eigenvalue weighted by atomic mass is 10.1. The number of hydrogen-bond acceptors (Lipinski definition) is 3. The van der Waals surface area contributed by atoms with E-state index in [1.165, 1.54) is 0 Å². The maximum absolute atomic E-state index is 12.1. The van der Waals surface area contributed by atoms with Gasteiger partial charge in [-0.2, -0.15) is 26.3 Å². The van der Waals surface area contributed by atoms with Crippen molar-refractivity contribution in [2.24, 2.45) is 0 Å². The standard InChI is InChI=1S/C6H3ClF6N2O/c7-1-2-14-15-4(16-2)3(5(8,9)10)6(11,12)13/h3H,1H2. The second-order valence-corrected chi connectivity index (χ2v) is 2.95. The van der Waals surface area contributed by atoms with E-state index >= 15 is 0 Å². The molecule has 0 radical (unpaired) electrons. The largest absolute Gasteiger partial charge is 0.423 e. The Hall–Kier alpha value is -0.990. The Morgan fingerprint density at radius 2 is 1.56 bits per heavy atom. The van der Waals surface area contributed by atoms with Crippen LogP contribution in [0.15, 0.2) is 4.42 Å². The first-order chi connectivity index (χ1) is 7.16. The minimum absolute atomic E-state index is 0.463. The molecular weight excluding hydrogens is 266 g/mol. The molecule has 10 heteroatoms. The van der Waals surface area contributed by atoms with Crippen LogP contribution in [0, 0.1) is 0 Å². The Balaban J connectivity index is 3.12. The minimum Gasteiger partial charge on any atom is -0.423 e. The molecule has 0 amide bonds. The summed E-state index contributed by atoms with van der Waals surface area (Å²) in [7, 11) is 0. The van der Waals surface area contributed by atoms with Gasteiger partial charge in [0.05, 0.1) is 0 Å². The Morgan fingerprint density at radius 3 is 1.88 bits per heavy atom. The van der Waals surface area contributed by atoms with Gasteiger partial charge in [-0.25, -0.2) is 0 Å². The van der Waals surface area contributed by atoms with Crippen LogP contribution in [0.2, 0.25) is 0 Å². The fraction of sp³-hybridized carbons (Fsp3) is 0.667. The van der Waals surface area contributed by atoms with Crippen LogP contribution in [0.3, 0.4) is 0 Å². The first-order valence-corrected chi connectivity index (χ1v) is 4.21. The lowest BCUT2D eigenvalue weighted by molar-refractivity contribution is -0.258. The first kappa shape index (κ1) is 13.1. The Labute approximate surface area is 89.4 Å². The zero-order chi connectivity index (χ0) is 12.6. The number of nitrogens with zero attached hydrogens (tertiary/aromatic N) is 2. The smallest absolute Gasteiger partial charge is 0.409 e. The van der Waals surface area contributed by atoms with E-state index in [4.69, 9.17) is 11.6 Å². The number of alkyl halides is 7. The van der Waals surface area contributed by atoms with Crippen LogP contribution in [0.25, 0.3) is 0 Å². The molecule has 0 unspecified atom stereocenters. The van der Waals surface area contributed by atoms with Gasteiger partial charge in [-0.15, -0.1) is 21.8 Å². The summed E-state index contributed by atoms with van der Waals surface area (Å²) in [4.78, 5) is 0. The third kappa shape index (κ3) is 2.77. The van der Waals surface area contributed by atoms with Gasteiger partial charge < -0.3 is 4.42 Å². The van der Waals surface area contributed by atoms with Crippen molar-refractivity contribution in [3.63, 3.8) is 0 Å². The van der Waals surface area contributed by atoms with E-state index in [9.17, 15) is 26.3 Å². The zero-order valence-corrected chi connectivity index (χ0v) is 7.99. The van der Waals surface area contributed by atoms with Gasteiger partial charge in [0.25, 0.3) is 0 Å². The molecule has 1 aromatic heterocycles. The molecule has 0 aromatic carbocycles. The molecule has 1 heterocycles. The molecule has 1 aromatic rings. The van der Waals surface area contributed by atoms with E-state index < -0.39 is 35.9 Å². The third-order valence-corrected chi connectivity index (χ3v) is 1.73. The molecule has 0 N–H and O–H groups in total. The monoisotopic (exact) mass is 268 g/mol. The molecule has 0 atom stereocenters. The Bertz CT molecular complexity index is 345. The van der Waals surface area contributed by atoms with E-state index in [0.717, 1.165) is 0 Å². The molecule has 92 valence electrons. The number of hydrogen-bond donors (Lipinski definition) is 0. The summed E-state index contributed by atoms with van der Waals surface area (Å²) in [5.74, 6) is -6.31. The molecule has 0 aliphatic heterocycles. The molecule has 0 saturated carbocycles. The van der Waals surface area contributed by atoms with Gasteiger partial charge in [-0.05, 0) is 0 Å². The molecule has 1 rings (SSSR count). The number of aromatic nitrogens is 2. The van der Waals surface area contributed by atoms with Crippen LogP contribution in [0.5, 0.6) is 0 Å². The predicted molar refractivity (Wildman–Crippen MR) is 38.7 cm³/mol. The molecule has 0 aliphatic rings. The highest BCUT2D eigenvalue weighted by Crippen LogP contribution is 2.45. The highest BCUT2D eigenvalue weighted by Gasteiger charge is 2.60. The lowest BCUT2D eigenvalue weighted by Crippen LogP contribution is -2.34. The van der Waals surface area contributed by atoms with Gasteiger partial charge in [-0.3, -0.25) is 0 Å². The van der Waals surface area contributed by atoms with Gasteiger partial charge in [-0.1, -0.05) is 0 Å². The first-order valence-electron chi connectivity index (χ1n) is 3.68. The van der Waals surface area contributed by atoms with E-state index in [1.54, 1.807) is 0 Å². The molecule has 3 nitrogen and oxygen atoms in total. The average molecular weight is 269 g/mol. The highest BCUT2D eigenvalue weighted by atomic mass is 35.5. The summed E-state index contributed by atoms with van der Waals surface area (Å²) in [5.41, 5.74) is 0. The summed E-state index contributed by atoms with van der Waals surface area (Å²) < 4.78 is 77.0. The van der Waals surface area contributed by atoms with E-state index in [1.807, 2.05) is 0 Å². The van der Waals surface area contributed by atoms with Crippen molar-refractivity contribution in [3.8, 4) is 0 Å². The van der Waals surface area contributed by atoms with Crippen LogP contribution in [-0.4, -0.2) is 22.5 Å². The Kier molecular flexibility index (Phi) is 3.36. The van der Waals surface area contributed by atoms with Crippen LogP contribution in [0.1, 0.15) is 17.7 Å². The topological polar surface area (TPSA) is 38.9 Å². The second-order valence-electron chi connectivity index (χ2n) is 2.68. The average Bonchev–Trinajstić information content (AvgIpc) is 2.47. The lowest BCUT2D eigenvalue weighted by Gasteiger charge is -2.19. The van der Waals surface area contributed by atoms with Gasteiger partial charge in [0.15, 0.2) is 0 Å². The van der Waals surface area contributed by atoms with Crippen molar-refractivity contribution in [3.05, 3.63) is 11.8 Å². The fourth-order valence-corrected chi connectivity index (χ4v) is 1.01. The van der Waals surface area contributed by atoms with Gasteiger partial charge in [0.1, 0.15) is 5.88 Å². The van der Waals surface area contributed by atoms with E-state index in [0.29, 0.717) is 0 Å². The van der Waals surface area contributed by atoms with Crippen LogP contribution in [-0.2, 0) is 5.88 Å². The van der Waals surface area contributed by atoms with Crippen molar-refractivity contribution < 1.29 is 30.8 Å². The molecule has 0 saturated heterocycles. The quantitative estimate of drug-likeness (QED) is 0.611. The minimum atomic E-state index is -5.55. The van der Waals surface area contributed by atoms with Crippen LogP contribution >= 0.6 is 11.6 Å². The number of rotatable bonds is 2. The van der Waals surface area contributed by atoms with E-state index in [-0.39, 0.29) is 0 Å². The van der Waals surface area contributed by atoms with Crippen molar-refractivity contribution in [2.75, 3.05) is 0 Å². The molecule has 0 fully saturated rings. The maximum atomic E-state index is 12.1. The summed E-state index contributed by atoms with van der Waals surface area (Å²) >= 11 is 5.11. The van der Waals surface area contributed by atoms with Gasteiger partial charge in [0.2, 0.25) is 17.7 Å². The van der Waals surface area contributed by atoms with Crippen molar-refractivity contribution >= 4 is 11.6 Å². The fourth-order valence-electron chi connectivity index (χ4n) is 0.903. The Morgan fingerprint density at radius 1 is 1.06 bits per heavy atom. The van der Waals surface area contributed by atoms with Crippen LogP contribution in [0.4, 0.5) is 26.3 Å². The summed E-state index contributed by atoms with van der Waals surface area (Å²) in [6, 6.07) is 0. The third-order valence-electron chi connectivity index (χ3n) is 1.50. The normalized spacial score (nSPS) is 13.5. The van der Waals surface area contributed by atoms with Crippen molar-refractivity contribution in [1.82, 2.24) is 10.2 Å². The van der Waals surface area contributed by atoms with Crippen LogP contribution < -0.4 is 0 Å². The predicted octanol–water partition coefficient (Wildman–Crippen LogP) is 3.02. The van der Waals surface area contributed by atoms with Gasteiger partial charge in [0, 0.05) is 0 Å². The number of halogens is 7. The zero-order valence-electron chi connectivity index (χ0n) is 7.23. The summed E-state index contributed by atoms with van der Waals surface area (Å²) in [5, 5.41) is 5.61. The molecule has 0 aliphatic carbocycles. The molecule has 0 spiro atoms. The molecule has 0 bridgehead atoms. The van der Waals surface area contributed by atoms with Gasteiger partial charge >= 0.3 is 12.4 Å². The molecular formula is C6H3ClF6N2O. The SMILES string of the molecule is FC(F)(F)C(c1nnc(CCl)o1)C(F)(F)F. The maximum Gasteiger partial charge on any atom is 0.409 e. The van der Waals surface area contributed by atoms with Crippen molar-refractivity contribution in [1.29, 1.82) is 0 Å².